The lowest BCUT2D eigenvalue weighted by molar-refractivity contribution is -0.120. The van der Waals surface area contributed by atoms with Gasteiger partial charge in [0, 0.05) is 21.2 Å². The van der Waals surface area contributed by atoms with Gasteiger partial charge in [0.25, 0.3) is 0 Å². The largest absolute Gasteiger partial charge is 0.488 e. The minimum atomic E-state index is -0.215. The molecule has 0 unspecified atom stereocenters. The Bertz CT molecular complexity index is 972. The third-order valence-corrected chi connectivity index (χ3v) is 4.55. The fourth-order valence-electron chi connectivity index (χ4n) is 2.49. The number of benzene rings is 3. The molecular weight excluding hydrogens is 395 g/mol. The number of halogens is 2. The van der Waals surface area contributed by atoms with Crippen LogP contribution >= 0.6 is 23.2 Å². The van der Waals surface area contributed by atoms with Gasteiger partial charge >= 0.3 is 0 Å². The van der Waals surface area contributed by atoms with Crippen LogP contribution in [0.25, 0.3) is 0 Å². The molecule has 3 aromatic carbocycles. The van der Waals surface area contributed by atoms with Crippen LogP contribution < -0.4 is 10.2 Å². The second kappa shape index (κ2) is 9.93. The molecule has 0 aliphatic heterocycles. The Morgan fingerprint density at radius 1 is 0.964 bits per heavy atom. The molecule has 0 bridgehead atoms. The van der Waals surface area contributed by atoms with Crippen LogP contribution in [0.4, 0.5) is 0 Å². The lowest BCUT2D eigenvalue weighted by atomic mass is 10.1. The quantitative estimate of drug-likeness (QED) is 0.424. The number of nitrogens with zero attached hydrogens (tertiary/aromatic N) is 1. The van der Waals surface area contributed by atoms with Gasteiger partial charge < -0.3 is 4.74 Å². The van der Waals surface area contributed by atoms with Crippen molar-refractivity contribution < 1.29 is 9.53 Å². The van der Waals surface area contributed by atoms with E-state index in [4.69, 9.17) is 27.9 Å². The van der Waals surface area contributed by atoms with Crippen molar-refractivity contribution in [2.75, 3.05) is 0 Å². The Hall–Kier alpha value is -2.82. The van der Waals surface area contributed by atoms with Crippen LogP contribution in [0.15, 0.2) is 77.9 Å². The number of carbonyl (C=O) groups excluding carboxylic acids is 1. The number of carbonyl (C=O) groups is 1. The summed E-state index contributed by atoms with van der Waals surface area (Å²) in [6.07, 6.45) is 1.78. The van der Waals surface area contributed by atoms with Gasteiger partial charge in [-0.3, -0.25) is 4.79 Å². The molecule has 0 heterocycles. The fraction of sp³-hybridized carbons (Fsp3) is 0.0909. The smallest absolute Gasteiger partial charge is 0.244 e. The number of rotatable bonds is 7. The standard InChI is InChI=1S/C22H18Cl2N2O2/c23-19-11-9-16(10-12-19)13-22(27)26-25-14-17-5-2-4-8-21(17)28-15-18-6-1-3-7-20(18)24/h1-12,14H,13,15H2,(H,26,27)/b25-14+. The van der Waals surface area contributed by atoms with E-state index in [1.807, 2.05) is 60.7 Å². The maximum atomic E-state index is 12.0. The van der Waals surface area contributed by atoms with Gasteiger partial charge in [-0.1, -0.05) is 65.7 Å². The van der Waals surface area contributed by atoms with E-state index in [-0.39, 0.29) is 12.3 Å². The molecule has 0 radical (unpaired) electrons. The first-order valence-electron chi connectivity index (χ1n) is 8.63. The maximum Gasteiger partial charge on any atom is 0.244 e. The van der Waals surface area contributed by atoms with Crippen molar-refractivity contribution in [1.82, 2.24) is 5.43 Å². The van der Waals surface area contributed by atoms with Gasteiger partial charge in [-0.05, 0) is 35.9 Å². The Morgan fingerprint density at radius 3 is 2.46 bits per heavy atom. The first-order valence-corrected chi connectivity index (χ1v) is 9.39. The van der Waals surface area contributed by atoms with E-state index in [2.05, 4.69) is 10.5 Å². The number of hydrogen-bond acceptors (Lipinski definition) is 3. The van der Waals surface area contributed by atoms with Gasteiger partial charge in [-0.2, -0.15) is 5.10 Å². The summed E-state index contributed by atoms with van der Waals surface area (Å²) < 4.78 is 5.87. The highest BCUT2D eigenvalue weighted by molar-refractivity contribution is 6.31. The summed E-state index contributed by atoms with van der Waals surface area (Å²) in [5.74, 6) is 0.436. The molecule has 4 nitrogen and oxygen atoms in total. The Labute approximate surface area is 173 Å². The molecule has 0 saturated carbocycles. The van der Waals surface area contributed by atoms with Crippen LogP contribution in [0.3, 0.4) is 0 Å². The van der Waals surface area contributed by atoms with E-state index in [1.54, 1.807) is 18.3 Å². The van der Waals surface area contributed by atoms with Crippen LogP contribution in [0, 0.1) is 0 Å². The lowest BCUT2D eigenvalue weighted by Gasteiger charge is -2.10. The van der Waals surface area contributed by atoms with Crippen molar-refractivity contribution in [3.63, 3.8) is 0 Å². The van der Waals surface area contributed by atoms with E-state index in [0.717, 1.165) is 16.7 Å². The predicted octanol–water partition coefficient (Wildman–Crippen LogP) is 5.27. The van der Waals surface area contributed by atoms with Gasteiger partial charge in [0.2, 0.25) is 5.91 Å². The maximum absolute atomic E-state index is 12.0. The Morgan fingerprint density at radius 2 is 1.68 bits per heavy atom. The van der Waals surface area contributed by atoms with Gasteiger partial charge in [0.05, 0.1) is 12.6 Å². The summed E-state index contributed by atoms with van der Waals surface area (Å²) in [5.41, 5.74) is 5.03. The number of ether oxygens (including phenoxy) is 1. The van der Waals surface area contributed by atoms with Gasteiger partial charge in [-0.15, -0.1) is 0 Å². The van der Waals surface area contributed by atoms with E-state index in [9.17, 15) is 4.79 Å². The second-order valence-electron chi connectivity index (χ2n) is 6.01. The van der Waals surface area contributed by atoms with Crippen molar-refractivity contribution in [1.29, 1.82) is 0 Å². The zero-order chi connectivity index (χ0) is 19.8. The van der Waals surface area contributed by atoms with Gasteiger partial charge in [0.15, 0.2) is 0 Å². The zero-order valence-electron chi connectivity index (χ0n) is 14.9. The molecule has 6 heteroatoms. The van der Waals surface area contributed by atoms with Crippen molar-refractivity contribution in [3.8, 4) is 5.75 Å². The number of hydrazone groups is 1. The average molecular weight is 413 g/mol. The molecule has 3 aromatic rings. The molecule has 0 saturated heterocycles. The minimum Gasteiger partial charge on any atom is -0.488 e. The Kier molecular flexibility index (Phi) is 7.06. The van der Waals surface area contributed by atoms with Crippen LogP contribution in [0.2, 0.25) is 10.0 Å². The van der Waals surface area contributed by atoms with Crippen LogP contribution in [0.5, 0.6) is 5.75 Å². The van der Waals surface area contributed by atoms with E-state index in [1.165, 1.54) is 0 Å². The molecule has 28 heavy (non-hydrogen) atoms. The van der Waals surface area contributed by atoms with Crippen LogP contribution in [-0.2, 0) is 17.8 Å². The SMILES string of the molecule is O=C(Cc1ccc(Cl)cc1)N/N=C/c1ccccc1OCc1ccccc1Cl. The minimum absolute atomic E-state index is 0.215. The fourth-order valence-corrected chi connectivity index (χ4v) is 2.81. The summed E-state index contributed by atoms with van der Waals surface area (Å²) >= 11 is 12.0. The first kappa shape index (κ1) is 19.9. The first-order chi connectivity index (χ1) is 13.6. The molecule has 3 rings (SSSR count). The molecule has 142 valence electrons. The molecule has 1 N–H and O–H groups in total. The van der Waals surface area contributed by atoms with E-state index in [0.29, 0.717) is 22.4 Å². The normalized spacial score (nSPS) is 10.8. The predicted molar refractivity (Wildman–Crippen MR) is 113 cm³/mol. The van der Waals surface area contributed by atoms with E-state index < -0.39 is 0 Å². The highest BCUT2D eigenvalue weighted by Crippen LogP contribution is 2.21. The van der Waals surface area contributed by atoms with Gasteiger partial charge in [-0.25, -0.2) is 5.43 Å². The molecule has 0 atom stereocenters. The third-order valence-electron chi connectivity index (χ3n) is 3.93. The number of nitrogens with one attached hydrogen (secondary N) is 1. The molecule has 0 aliphatic carbocycles. The molecular formula is C22H18Cl2N2O2. The molecule has 0 fully saturated rings. The third kappa shape index (κ3) is 5.84. The van der Waals surface area contributed by atoms with Crippen LogP contribution in [-0.4, -0.2) is 12.1 Å². The molecule has 0 aliphatic rings. The number of hydrogen-bond donors (Lipinski definition) is 1. The highest BCUT2D eigenvalue weighted by Gasteiger charge is 2.05. The summed E-state index contributed by atoms with van der Waals surface area (Å²) in [6, 6.07) is 22.1. The monoisotopic (exact) mass is 412 g/mol. The van der Waals surface area contributed by atoms with Crippen molar-refractivity contribution >= 4 is 35.3 Å². The van der Waals surface area contributed by atoms with Crippen LogP contribution in [0.1, 0.15) is 16.7 Å². The molecule has 0 aromatic heterocycles. The van der Waals surface area contributed by atoms with Crippen molar-refractivity contribution in [3.05, 3.63) is 99.5 Å². The van der Waals surface area contributed by atoms with Gasteiger partial charge in [0.1, 0.15) is 12.4 Å². The summed E-state index contributed by atoms with van der Waals surface area (Å²) in [5, 5.41) is 5.32. The van der Waals surface area contributed by atoms with Crippen molar-refractivity contribution in [2.45, 2.75) is 13.0 Å². The summed E-state index contributed by atoms with van der Waals surface area (Å²) in [7, 11) is 0. The van der Waals surface area contributed by atoms with E-state index >= 15 is 0 Å². The topological polar surface area (TPSA) is 50.7 Å². The second-order valence-corrected chi connectivity index (χ2v) is 6.86. The zero-order valence-corrected chi connectivity index (χ0v) is 16.5. The number of amides is 1. The Balaban J connectivity index is 1.58. The highest BCUT2D eigenvalue weighted by atomic mass is 35.5. The summed E-state index contributed by atoms with van der Waals surface area (Å²) in [6.45, 7) is 0.341. The average Bonchev–Trinajstić information content (AvgIpc) is 2.70. The lowest BCUT2D eigenvalue weighted by Crippen LogP contribution is -2.19. The number of para-hydroxylation sites is 1. The molecule has 0 spiro atoms. The summed E-state index contributed by atoms with van der Waals surface area (Å²) in [4.78, 5) is 12.0. The van der Waals surface area contributed by atoms with Crippen molar-refractivity contribution in [2.24, 2.45) is 5.10 Å². The molecule has 1 amide bonds.